The van der Waals surface area contributed by atoms with Crippen LogP contribution in [0.25, 0.3) is 0 Å². The van der Waals surface area contributed by atoms with Gasteiger partial charge >= 0.3 is 0 Å². The summed E-state index contributed by atoms with van der Waals surface area (Å²) < 4.78 is 5.78. The van der Waals surface area contributed by atoms with Crippen LogP contribution in [0.1, 0.15) is 26.3 Å². The molecule has 1 aromatic carbocycles. The van der Waals surface area contributed by atoms with Crippen LogP contribution in [0.4, 0.5) is 0 Å². The maximum atomic E-state index is 5.78. The third-order valence-electron chi connectivity index (χ3n) is 5.07. The number of likely N-dealkylation sites (N-methyl/N-ethyl adjacent to an activating group) is 1. The SMILES string of the molecule is CCNC(=NCC(C)CN1CCN(CC)CC1)NCCOc1ccc(C)cc1. The van der Waals surface area contributed by atoms with E-state index in [1.54, 1.807) is 0 Å². The first-order valence-corrected chi connectivity index (χ1v) is 10.8. The zero-order valence-corrected chi connectivity index (χ0v) is 18.2. The van der Waals surface area contributed by atoms with Gasteiger partial charge in [-0.1, -0.05) is 31.5 Å². The Balaban J connectivity index is 1.68. The van der Waals surface area contributed by atoms with E-state index in [1.165, 1.54) is 38.3 Å². The minimum Gasteiger partial charge on any atom is -0.492 e. The van der Waals surface area contributed by atoms with Crippen LogP contribution in [0.5, 0.6) is 5.75 Å². The molecule has 1 fully saturated rings. The van der Waals surface area contributed by atoms with Crippen molar-refractivity contribution in [1.82, 2.24) is 20.4 Å². The highest BCUT2D eigenvalue weighted by molar-refractivity contribution is 5.79. The molecule has 0 radical (unpaired) electrons. The van der Waals surface area contributed by atoms with E-state index in [1.807, 2.05) is 12.1 Å². The molecule has 2 N–H and O–H groups in total. The Morgan fingerprint density at radius 1 is 1.07 bits per heavy atom. The zero-order chi connectivity index (χ0) is 20.2. The lowest BCUT2D eigenvalue weighted by molar-refractivity contribution is 0.125. The summed E-state index contributed by atoms with van der Waals surface area (Å²) in [4.78, 5) is 9.86. The summed E-state index contributed by atoms with van der Waals surface area (Å²) in [5.74, 6) is 2.33. The lowest BCUT2D eigenvalue weighted by Gasteiger charge is -2.35. The summed E-state index contributed by atoms with van der Waals surface area (Å²) in [6.07, 6.45) is 0. The van der Waals surface area contributed by atoms with E-state index in [9.17, 15) is 0 Å². The van der Waals surface area contributed by atoms with Gasteiger partial charge in [-0.15, -0.1) is 0 Å². The minimum absolute atomic E-state index is 0.549. The Hall–Kier alpha value is -1.79. The molecule has 1 aliphatic heterocycles. The topological polar surface area (TPSA) is 52.1 Å². The Bertz CT molecular complexity index is 567. The number of hydrogen-bond donors (Lipinski definition) is 2. The van der Waals surface area contributed by atoms with Crippen molar-refractivity contribution in [3.05, 3.63) is 29.8 Å². The molecule has 0 aromatic heterocycles. The fraction of sp³-hybridized carbons (Fsp3) is 0.682. The molecule has 0 amide bonds. The Labute approximate surface area is 171 Å². The van der Waals surface area contributed by atoms with Gasteiger partial charge in [0.1, 0.15) is 12.4 Å². The third-order valence-corrected chi connectivity index (χ3v) is 5.07. The Morgan fingerprint density at radius 2 is 1.75 bits per heavy atom. The van der Waals surface area contributed by atoms with E-state index < -0.39 is 0 Å². The normalized spacial score (nSPS) is 17.4. The number of aryl methyl sites for hydroxylation is 1. The summed E-state index contributed by atoms with van der Waals surface area (Å²) in [7, 11) is 0. The van der Waals surface area contributed by atoms with Crippen molar-refractivity contribution in [1.29, 1.82) is 0 Å². The van der Waals surface area contributed by atoms with E-state index in [0.29, 0.717) is 12.5 Å². The first kappa shape index (κ1) is 22.5. The molecule has 0 saturated carbocycles. The van der Waals surface area contributed by atoms with Gasteiger partial charge in [-0.2, -0.15) is 0 Å². The number of nitrogens with zero attached hydrogens (tertiary/aromatic N) is 3. The summed E-state index contributed by atoms with van der Waals surface area (Å²) in [6, 6.07) is 8.16. The van der Waals surface area contributed by atoms with Crippen LogP contribution in [0, 0.1) is 12.8 Å². The fourth-order valence-corrected chi connectivity index (χ4v) is 3.35. The predicted octanol–water partition coefficient (Wildman–Crippen LogP) is 2.20. The second-order valence-corrected chi connectivity index (χ2v) is 7.65. The van der Waals surface area contributed by atoms with E-state index in [-0.39, 0.29) is 0 Å². The molecular weight excluding hydrogens is 350 g/mol. The molecule has 28 heavy (non-hydrogen) atoms. The van der Waals surface area contributed by atoms with Crippen molar-refractivity contribution in [2.75, 3.05) is 65.5 Å². The van der Waals surface area contributed by atoms with Crippen LogP contribution in [0.15, 0.2) is 29.3 Å². The molecule has 1 atom stereocenters. The van der Waals surface area contributed by atoms with Crippen molar-refractivity contribution in [3.63, 3.8) is 0 Å². The van der Waals surface area contributed by atoms with Crippen molar-refractivity contribution in [3.8, 4) is 5.75 Å². The monoisotopic (exact) mass is 389 g/mol. The fourth-order valence-electron chi connectivity index (χ4n) is 3.35. The molecule has 1 unspecified atom stereocenters. The number of hydrogen-bond acceptors (Lipinski definition) is 4. The summed E-state index contributed by atoms with van der Waals surface area (Å²) in [6.45, 7) is 18.8. The maximum Gasteiger partial charge on any atom is 0.191 e. The van der Waals surface area contributed by atoms with Gasteiger partial charge in [-0.05, 0) is 38.4 Å². The Morgan fingerprint density at radius 3 is 2.39 bits per heavy atom. The van der Waals surface area contributed by atoms with Crippen LogP contribution < -0.4 is 15.4 Å². The number of aliphatic imine (C=N–C) groups is 1. The quantitative estimate of drug-likeness (QED) is 0.365. The summed E-state index contributed by atoms with van der Waals surface area (Å²) in [5, 5.41) is 6.69. The number of guanidine groups is 1. The molecule has 1 saturated heterocycles. The lowest BCUT2D eigenvalue weighted by Crippen LogP contribution is -2.47. The largest absolute Gasteiger partial charge is 0.492 e. The number of ether oxygens (including phenoxy) is 1. The van der Waals surface area contributed by atoms with Gasteiger partial charge < -0.3 is 25.2 Å². The van der Waals surface area contributed by atoms with E-state index in [4.69, 9.17) is 9.73 Å². The van der Waals surface area contributed by atoms with Gasteiger partial charge in [-0.25, -0.2) is 0 Å². The second kappa shape index (κ2) is 12.6. The van der Waals surface area contributed by atoms with E-state index in [2.05, 4.69) is 60.3 Å². The van der Waals surface area contributed by atoms with E-state index in [0.717, 1.165) is 37.9 Å². The van der Waals surface area contributed by atoms with Crippen molar-refractivity contribution >= 4 is 5.96 Å². The number of benzene rings is 1. The first-order valence-electron chi connectivity index (χ1n) is 10.8. The van der Waals surface area contributed by atoms with Gasteiger partial charge in [0, 0.05) is 45.8 Å². The molecular formula is C22H39N5O. The van der Waals surface area contributed by atoms with Gasteiger partial charge in [0.05, 0.1) is 6.54 Å². The highest BCUT2D eigenvalue weighted by Crippen LogP contribution is 2.10. The summed E-state index contributed by atoms with van der Waals surface area (Å²) in [5.41, 5.74) is 1.24. The third kappa shape index (κ3) is 8.48. The smallest absolute Gasteiger partial charge is 0.191 e. The van der Waals surface area contributed by atoms with Gasteiger partial charge in [-0.3, -0.25) is 4.99 Å². The second-order valence-electron chi connectivity index (χ2n) is 7.65. The first-order chi connectivity index (χ1) is 13.6. The molecule has 1 aliphatic rings. The number of rotatable bonds is 10. The van der Waals surface area contributed by atoms with Crippen LogP contribution in [0.3, 0.4) is 0 Å². The molecule has 1 heterocycles. The molecule has 1 aromatic rings. The van der Waals surface area contributed by atoms with E-state index >= 15 is 0 Å². The lowest BCUT2D eigenvalue weighted by atomic mass is 10.1. The van der Waals surface area contributed by atoms with Crippen molar-refractivity contribution < 1.29 is 4.74 Å². The molecule has 158 valence electrons. The number of piperazine rings is 1. The molecule has 2 rings (SSSR count). The van der Waals surface area contributed by atoms with Gasteiger partial charge in [0.25, 0.3) is 0 Å². The predicted molar refractivity (Wildman–Crippen MR) is 118 cm³/mol. The van der Waals surface area contributed by atoms with Crippen LogP contribution in [-0.4, -0.2) is 81.3 Å². The molecule has 0 bridgehead atoms. The van der Waals surface area contributed by atoms with Crippen LogP contribution in [0.2, 0.25) is 0 Å². The standard InChI is InChI=1S/C22H39N5O/c1-5-23-22(24-11-16-28-21-9-7-19(3)8-10-21)25-17-20(4)18-27-14-12-26(6-2)13-15-27/h7-10,20H,5-6,11-18H2,1-4H3,(H2,23,24,25). The molecule has 6 heteroatoms. The number of nitrogens with one attached hydrogen (secondary N) is 2. The highest BCUT2D eigenvalue weighted by atomic mass is 16.5. The average Bonchev–Trinajstić information content (AvgIpc) is 2.71. The molecule has 0 aliphatic carbocycles. The molecule has 6 nitrogen and oxygen atoms in total. The molecule has 0 spiro atoms. The van der Waals surface area contributed by atoms with Crippen LogP contribution >= 0.6 is 0 Å². The minimum atomic E-state index is 0.549. The van der Waals surface area contributed by atoms with Gasteiger partial charge in [0.2, 0.25) is 0 Å². The average molecular weight is 390 g/mol. The highest BCUT2D eigenvalue weighted by Gasteiger charge is 2.17. The van der Waals surface area contributed by atoms with Crippen LogP contribution in [-0.2, 0) is 0 Å². The van der Waals surface area contributed by atoms with Gasteiger partial charge in [0.15, 0.2) is 5.96 Å². The Kier molecular flexibility index (Phi) is 10.1. The van der Waals surface area contributed by atoms with Crippen molar-refractivity contribution in [2.45, 2.75) is 27.7 Å². The zero-order valence-electron chi connectivity index (χ0n) is 18.2. The summed E-state index contributed by atoms with van der Waals surface area (Å²) >= 11 is 0. The van der Waals surface area contributed by atoms with Crippen molar-refractivity contribution in [2.24, 2.45) is 10.9 Å². The maximum absolute atomic E-state index is 5.78.